The highest BCUT2D eigenvalue weighted by Gasteiger charge is 2.40. The number of hydrogen-bond donors (Lipinski definition) is 6. The molecule has 1 rings (SSSR count). The highest BCUT2D eigenvalue weighted by atomic mass is 16.4. The van der Waals surface area contributed by atoms with Crippen LogP contribution in [0.2, 0.25) is 0 Å². The van der Waals surface area contributed by atoms with Gasteiger partial charge in [-0.1, -0.05) is 0 Å². The summed E-state index contributed by atoms with van der Waals surface area (Å²) in [6.45, 7) is -0.00495. The van der Waals surface area contributed by atoms with Gasteiger partial charge in [-0.3, -0.25) is 10.1 Å². The largest absolute Gasteiger partial charge is 0.481 e. The number of guanidine groups is 1. The molecule has 0 aliphatic carbocycles. The number of aliphatic carboxylic acids is 1. The molecule has 8 heteroatoms. The molecule has 0 unspecified atom stereocenters. The Morgan fingerprint density at radius 1 is 1.33 bits per heavy atom. The fourth-order valence-electron chi connectivity index (χ4n) is 1.43. The normalized spacial score (nSPS) is 35.9. The predicted octanol–water partition coefficient (Wildman–Crippen LogP) is -3.39. The summed E-state index contributed by atoms with van der Waals surface area (Å²) >= 11 is 0. The van der Waals surface area contributed by atoms with Crippen molar-refractivity contribution in [1.29, 1.82) is 0 Å². The molecule has 1 aliphatic heterocycles. The molecule has 1 saturated heterocycles. The van der Waals surface area contributed by atoms with E-state index < -0.39 is 30.3 Å². The minimum Gasteiger partial charge on any atom is -0.481 e. The van der Waals surface area contributed by atoms with Crippen LogP contribution in [0.15, 0.2) is 4.99 Å². The molecule has 0 bridgehead atoms. The van der Waals surface area contributed by atoms with E-state index in [9.17, 15) is 15.0 Å². The second-order valence-electron chi connectivity index (χ2n) is 3.33. The molecule has 0 spiro atoms. The molecular weight excluding hydrogens is 204 g/mol. The van der Waals surface area contributed by atoms with Gasteiger partial charge in [0.25, 0.3) is 0 Å². The smallest absolute Gasteiger partial charge is 0.310 e. The summed E-state index contributed by atoms with van der Waals surface area (Å²) in [5.41, 5.74) is 10.2. The van der Waals surface area contributed by atoms with Crippen molar-refractivity contribution in [3.05, 3.63) is 0 Å². The van der Waals surface area contributed by atoms with Crippen molar-refractivity contribution < 1.29 is 20.1 Å². The van der Waals surface area contributed by atoms with Crippen LogP contribution < -0.4 is 16.8 Å². The molecule has 0 aromatic carbocycles. The van der Waals surface area contributed by atoms with Gasteiger partial charge in [-0.25, -0.2) is 4.99 Å². The topological polar surface area (TPSA) is 154 Å². The minimum absolute atomic E-state index is 0.00495. The molecule has 8 N–H and O–H groups in total. The van der Waals surface area contributed by atoms with Gasteiger partial charge in [-0.15, -0.1) is 0 Å². The average Bonchev–Trinajstić information content (AvgIpc) is 2.12. The van der Waals surface area contributed by atoms with Gasteiger partial charge >= 0.3 is 5.97 Å². The molecule has 0 aromatic heterocycles. The van der Waals surface area contributed by atoms with E-state index in [0.717, 1.165) is 0 Å². The van der Waals surface area contributed by atoms with Crippen LogP contribution in [0.5, 0.6) is 0 Å². The summed E-state index contributed by atoms with van der Waals surface area (Å²) in [4.78, 5) is 14.3. The van der Waals surface area contributed by atoms with E-state index in [-0.39, 0.29) is 12.5 Å². The van der Waals surface area contributed by atoms with Crippen molar-refractivity contribution >= 4 is 11.9 Å². The molecule has 0 amide bonds. The molecule has 1 heterocycles. The molecule has 0 saturated carbocycles. The van der Waals surface area contributed by atoms with Crippen molar-refractivity contribution in [1.82, 2.24) is 5.32 Å². The van der Waals surface area contributed by atoms with Crippen molar-refractivity contribution in [2.75, 3.05) is 6.54 Å². The Morgan fingerprint density at radius 2 is 1.93 bits per heavy atom. The van der Waals surface area contributed by atoms with Gasteiger partial charge < -0.3 is 26.8 Å². The Labute approximate surface area is 85.6 Å². The Kier molecular flexibility index (Phi) is 3.45. The second-order valence-corrected chi connectivity index (χ2v) is 3.33. The monoisotopic (exact) mass is 218 g/mol. The first-order chi connectivity index (χ1) is 6.93. The highest BCUT2D eigenvalue weighted by molar-refractivity contribution is 5.76. The number of aliphatic hydroxyl groups is 2. The van der Waals surface area contributed by atoms with Crippen LogP contribution in [-0.2, 0) is 4.79 Å². The zero-order valence-electron chi connectivity index (χ0n) is 7.87. The standard InChI is InChI=1S/C7H14N4O4/c8-7(9)11-5-4(13)3(12)2(1-10-5)6(14)15/h2-5,10,12-13H,1H2,(H,14,15)(H4,8,9,11)/t2-,3+,4+,5-/m0/s1. The summed E-state index contributed by atoms with van der Waals surface area (Å²) < 4.78 is 0. The van der Waals surface area contributed by atoms with E-state index in [1.165, 1.54) is 0 Å². The predicted molar refractivity (Wildman–Crippen MR) is 50.7 cm³/mol. The Balaban J connectivity index is 2.73. The number of piperidine rings is 1. The maximum Gasteiger partial charge on any atom is 0.310 e. The lowest BCUT2D eigenvalue weighted by atomic mass is 9.92. The number of nitrogens with zero attached hydrogens (tertiary/aromatic N) is 1. The lowest BCUT2D eigenvalue weighted by Gasteiger charge is -2.34. The Bertz CT molecular complexity index is 278. The van der Waals surface area contributed by atoms with E-state index in [1.54, 1.807) is 0 Å². The number of carbonyl (C=O) groups is 1. The van der Waals surface area contributed by atoms with Crippen LogP contribution >= 0.6 is 0 Å². The number of hydrogen-bond acceptors (Lipinski definition) is 5. The van der Waals surface area contributed by atoms with Crippen LogP contribution in [0, 0.1) is 5.92 Å². The SMILES string of the molecule is NC(N)=N[C@@H]1NC[C@H](C(=O)O)[C@@H](O)[C@H]1O. The van der Waals surface area contributed by atoms with Crippen LogP contribution in [0.3, 0.4) is 0 Å². The number of carboxylic acids is 1. The summed E-state index contributed by atoms with van der Waals surface area (Å²) in [6.07, 6.45) is -3.61. The van der Waals surface area contributed by atoms with Crippen LogP contribution in [0.1, 0.15) is 0 Å². The van der Waals surface area contributed by atoms with Crippen molar-refractivity contribution in [3.63, 3.8) is 0 Å². The van der Waals surface area contributed by atoms with Gasteiger partial charge in [-0.2, -0.15) is 0 Å². The quantitative estimate of drug-likeness (QED) is 0.208. The number of nitrogens with two attached hydrogens (primary N) is 2. The third-order valence-corrected chi connectivity index (χ3v) is 2.24. The first kappa shape index (κ1) is 11.7. The van der Waals surface area contributed by atoms with Gasteiger partial charge in [0, 0.05) is 6.54 Å². The van der Waals surface area contributed by atoms with Gasteiger partial charge in [0.2, 0.25) is 0 Å². The third-order valence-electron chi connectivity index (χ3n) is 2.24. The second kappa shape index (κ2) is 4.43. The number of rotatable bonds is 2. The Hall–Kier alpha value is -1.38. The van der Waals surface area contributed by atoms with E-state index in [1.807, 2.05) is 0 Å². The zero-order valence-corrected chi connectivity index (χ0v) is 7.87. The average molecular weight is 218 g/mol. The molecule has 86 valence electrons. The van der Waals surface area contributed by atoms with E-state index in [0.29, 0.717) is 0 Å². The van der Waals surface area contributed by atoms with Crippen molar-refractivity contribution in [2.45, 2.75) is 18.4 Å². The summed E-state index contributed by atoms with van der Waals surface area (Å²) in [6, 6.07) is 0. The molecule has 1 aliphatic rings. The zero-order chi connectivity index (χ0) is 11.6. The van der Waals surface area contributed by atoms with Gasteiger partial charge in [0.15, 0.2) is 5.96 Å². The number of carboxylic acid groups (broad SMARTS) is 1. The van der Waals surface area contributed by atoms with E-state index >= 15 is 0 Å². The third kappa shape index (κ3) is 2.55. The number of nitrogens with one attached hydrogen (secondary N) is 1. The first-order valence-corrected chi connectivity index (χ1v) is 4.34. The molecule has 8 nitrogen and oxygen atoms in total. The lowest BCUT2D eigenvalue weighted by molar-refractivity contribution is -0.152. The summed E-state index contributed by atoms with van der Waals surface area (Å²) in [7, 11) is 0. The van der Waals surface area contributed by atoms with E-state index in [4.69, 9.17) is 16.6 Å². The summed E-state index contributed by atoms with van der Waals surface area (Å²) in [5.74, 6) is -2.49. The fraction of sp³-hybridized carbons (Fsp3) is 0.714. The molecule has 1 fully saturated rings. The first-order valence-electron chi connectivity index (χ1n) is 4.34. The number of aliphatic imine (C=N–C) groups is 1. The minimum atomic E-state index is -1.39. The molecular formula is C7H14N4O4. The van der Waals surface area contributed by atoms with Crippen LogP contribution in [0.25, 0.3) is 0 Å². The molecule has 0 aromatic rings. The van der Waals surface area contributed by atoms with Gasteiger partial charge in [0.05, 0.1) is 12.0 Å². The van der Waals surface area contributed by atoms with Crippen molar-refractivity contribution in [2.24, 2.45) is 22.4 Å². The fourth-order valence-corrected chi connectivity index (χ4v) is 1.43. The maximum atomic E-state index is 10.6. The van der Waals surface area contributed by atoms with Crippen molar-refractivity contribution in [3.8, 4) is 0 Å². The molecule has 15 heavy (non-hydrogen) atoms. The highest BCUT2D eigenvalue weighted by Crippen LogP contribution is 2.17. The van der Waals surface area contributed by atoms with E-state index in [2.05, 4.69) is 10.3 Å². The Morgan fingerprint density at radius 3 is 2.40 bits per heavy atom. The van der Waals surface area contributed by atoms with Crippen LogP contribution in [0.4, 0.5) is 0 Å². The molecule has 0 radical (unpaired) electrons. The molecule has 4 atom stereocenters. The lowest BCUT2D eigenvalue weighted by Crippen LogP contribution is -2.59. The van der Waals surface area contributed by atoms with Gasteiger partial charge in [0.1, 0.15) is 12.3 Å². The van der Waals surface area contributed by atoms with Crippen LogP contribution in [-0.4, -0.2) is 52.2 Å². The maximum absolute atomic E-state index is 10.6. The summed E-state index contributed by atoms with van der Waals surface area (Å²) in [5, 5.41) is 30.3. The van der Waals surface area contributed by atoms with Gasteiger partial charge in [-0.05, 0) is 0 Å². The number of aliphatic hydroxyl groups excluding tert-OH is 2.